The van der Waals surface area contributed by atoms with Crippen molar-refractivity contribution in [2.24, 2.45) is 7.05 Å². The van der Waals surface area contributed by atoms with Gasteiger partial charge in [-0.05, 0) is 56.4 Å². The summed E-state index contributed by atoms with van der Waals surface area (Å²) in [7, 11) is 2.07. The highest BCUT2D eigenvalue weighted by Gasteiger charge is 2.30. The third-order valence-corrected chi connectivity index (χ3v) is 6.85. The van der Waals surface area contributed by atoms with Gasteiger partial charge in [0.05, 0.1) is 0 Å². The molecule has 0 aliphatic heterocycles. The van der Waals surface area contributed by atoms with Gasteiger partial charge in [-0.15, -0.1) is 21.5 Å². The molecule has 0 bridgehead atoms. The molecule has 2 aliphatic carbocycles. The summed E-state index contributed by atoms with van der Waals surface area (Å²) in [4.78, 5) is 12.0. The first-order chi connectivity index (χ1) is 11.2. The van der Waals surface area contributed by atoms with Crippen molar-refractivity contribution in [1.29, 1.82) is 0 Å². The Morgan fingerprint density at radius 3 is 2.87 bits per heavy atom. The molecule has 0 aromatic carbocycles. The van der Waals surface area contributed by atoms with Crippen LogP contribution in [0.15, 0.2) is 10.2 Å². The Bertz CT molecular complexity index is 922. The smallest absolute Gasteiger partial charge is 0.197 e. The summed E-state index contributed by atoms with van der Waals surface area (Å²) >= 11 is 3.48. The molecule has 3 aromatic heterocycles. The molecule has 5 rings (SSSR count). The number of aromatic nitrogens is 5. The Morgan fingerprint density at radius 2 is 2.04 bits per heavy atom. The summed E-state index contributed by atoms with van der Waals surface area (Å²) in [6, 6.07) is 0. The van der Waals surface area contributed by atoms with E-state index in [1.54, 1.807) is 11.8 Å². The molecule has 23 heavy (non-hydrogen) atoms. The van der Waals surface area contributed by atoms with Gasteiger partial charge in [-0.25, -0.2) is 9.97 Å². The molecule has 0 atom stereocenters. The van der Waals surface area contributed by atoms with Crippen LogP contribution >= 0.6 is 23.1 Å². The van der Waals surface area contributed by atoms with Crippen molar-refractivity contribution in [2.45, 2.75) is 55.1 Å². The maximum Gasteiger partial charge on any atom is 0.197 e. The first-order valence-electron chi connectivity index (χ1n) is 8.06. The van der Waals surface area contributed by atoms with E-state index in [2.05, 4.69) is 26.8 Å². The van der Waals surface area contributed by atoms with Gasteiger partial charge in [-0.2, -0.15) is 0 Å². The highest BCUT2D eigenvalue weighted by Crippen LogP contribution is 2.43. The number of hydrogen-bond acceptors (Lipinski definition) is 6. The first kappa shape index (κ1) is 13.9. The first-order valence-corrected chi connectivity index (χ1v) is 9.70. The molecule has 7 heteroatoms. The minimum atomic E-state index is 0.611. The molecule has 0 unspecified atom stereocenters. The molecule has 5 nitrogen and oxygen atoms in total. The molecule has 0 spiro atoms. The largest absolute Gasteiger partial charge is 0.309 e. The molecular formula is C16H17N5S2. The molecular weight excluding hydrogens is 326 g/mol. The van der Waals surface area contributed by atoms with E-state index in [0.717, 1.165) is 33.1 Å². The van der Waals surface area contributed by atoms with E-state index in [1.807, 2.05) is 18.3 Å². The van der Waals surface area contributed by atoms with E-state index in [4.69, 9.17) is 4.98 Å². The number of nitrogens with zero attached hydrogens (tertiary/aromatic N) is 5. The quantitative estimate of drug-likeness (QED) is 0.680. The summed E-state index contributed by atoms with van der Waals surface area (Å²) in [6.07, 6.45) is 6.08. The Morgan fingerprint density at radius 1 is 1.17 bits per heavy atom. The number of hydrogen-bond donors (Lipinski definition) is 0. The second kappa shape index (κ2) is 5.01. The van der Waals surface area contributed by atoms with Crippen LogP contribution in [0.4, 0.5) is 0 Å². The lowest BCUT2D eigenvalue weighted by Crippen LogP contribution is -1.98. The van der Waals surface area contributed by atoms with Gasteiger partial charge in [0, 0.05) is 23.2 Å². The lowest BCUT2D eigenvalue weighted by Gasteiger charge is -2.06. The number of aryl methyl sites for hydroxylation is 3. The summed E-state index contributed by atoms with van der Waals surface area (Å²) in [5.74, 6) is 2.56. The lowest BCUT2D eigenvalue weighted by molar-refractivity contribution is 0.736. The minimum Gasteiger partial charge on any atom is -0.309 e. The average molecular weight is 343 g/mol. The van der Waals surface area contributed by atoms with Gasteiger partial charge in [0.2, 0.25) is 0 Å². The van der Waals surface area contributed by atoms with Crippen molar-refractivity contribution in [3.63, 3.8) is 0 Å². The predicted octanol–water partition coefficient (Wildman–Crippen LogP) is 3.65. The predicted molar refractivity (Wildman–Crippen MR) is 91.3 cm³/mol. The van der Waals surface area contributed by atoms with E-state index < -0.39 is 0 Å². The molecule has 0 N–H and O–H groups in total. The van der Waals surface area contributed by atoms with E-state index in [9.17, 15) is 0 Å². The van der Waals surface area contributed by atoms with Gasteiger partial charge < -0.3 is 4.57 Å². The standard InChI is InChI=1S/C16H17N5S2/c1-8-17-14-12(10-4-3-5-11(10)22-14)15(18-8)23-16-20-19-13(21(16)2)9-6-7-9/h9H,3-7H2,1-2H3. The summed E-state index contributed by atoms with van der Waals surface area (Å²) in [6.45, 7) is 1.97. The van der Waals surface area contributed by atoms with Crippen LogP contribution in [-0.4, -0.2) is 24.7 Å². The van der Waals surface area contributed by atoms with Crippen molar-refractivity contribution in [3.05, 3.63) is 22.1 Å². The lowest BCUT2D eigenvalue weighted by atomic mass is 10.2. The van der Waals surface area contributed by atoms with E-state index in [-0.39, 0.29) is 0 Å². The Balaban J connectivity index is 1.62. The van der Waals surface area contributed by atoms with Crippen LogP contribution in [0.2, 0.25) is 0 Å². The molecule has 118 valence electrons. The fourth-order valence-corrected chi connectivity index (χ4v) is 5.69. The Labute approximate surface area is 142 Å². The second-order valence-corrected chi connectivity index (χ2v) is 8.43. The third-order valence-electron chi connectivity index (χ3n) is 4.64. The van der Waals surface area contributed by atoms with Crippen molar-refractivity contribution in [2.75, 3.05) is 0 Å². The fourth-order valence-electron chi connectivity index (χ4n) is 3.34. The van der Waals surface area contributed by atoms with E-state index in [0.29, 0.717) is 5.92 Å². The van der Waals surface area contributed by atoms with Crippen molar-refractivity contribution >= 4 is 33.3 Å². The van der Waals surface area contributed by atoms with Crippen molar-refractivity contribution < 1.29 is 0 Å². The van der Waals surface area contributed by atoms with Crippen LogP contribution in [0.1, 0.15) is 47.3 Å². The number of thiophene rings is 1. The van der Waals surface area contributed by atoms with Gasteiger partial charge in [0.1, 0.15) is 21.5 Å². The van der Waals surface area contributed by atoms with Gasteiger partial charge >= 0.3 is 0 Å². The van der Waals surface area contributed by atoms with Crippen LogP contribution in [0.5, 0.6) is 0 Å². The Hall–Kier alpha value is -1.47. The van der Waals surface area contributed by atoms with Crippen LogP contribution in [0.25, 0.3) is 10.2 Å². The number of fused-ring (bicyclic) bond motifs is 3. The highest BCUT2D eigenvalue weighted by molar-refractivity contribution is 7.99. The third kappa shape index (κ3) is 2.21. The maximum absolute atomic E-state index is 4.73. The summed E-state index contributed by atoms with van der Waals surface area (Å²) < 4.78 is 2.14. The van der Waals surface area contributed by atoms with Gasteiger partial charge in [0.25, 0.3) is 0 Å². The second-order valence-electron chi connectivity index (χ2n) is 6.39. The molecule has 3 aromatic rings. The molecule has 2 aliphatic rings. The maximum atomic E-state index is 4.73. The van der Waals surface area contributed by atoms with Crippen LogP contribution < -0.4 is 0 Å². The van der Waals surface area contributed by atoms with Gasteiger partial charge in [-0.3, -0.25) is 0 Å². The zero-order chi connectivity index (χ0) is 15.6. The molecule has 0 saturated heterocycles. The van der Waals surface area contributed by atoms with Crippen LogP contribution in [0, 0.1) is 6.92 Å². The topological polar surface area (TPSA) is 56.5 Å². The summed E-state index contributed by atoms with van der Waals surface area (Å²) in [5, 5.41) is 12.0. The molecule has 0 amide bonds. The van der Waals surface area contributed by atoms with Crippen molar-refractivity contribution in [3.8, 4) is 0 Å². The molecule has 3 heterocycles. The van der Waals surface area contributed by atoms with Gasteiger partial charge in [-0.1, -0.05) is 0 Å². The highest BCUT2D eigenvalue weighted by atomic mass is 32.2. The molecule has 0 radical (unpaired) electrons. The zero-order valence-corrected chi connectivity index (χ0v) is 14.8. The van der Waals surface area contributed by atoms with Gasteiger partial charge in [0.15, 0.2) is 5.16 Å². The zero-order valence-electron chi connectivity index (χ0n) is 13.2. The van der Waals surface area contributed by atoms with Crippen LogP contribution in [0.3, 0.4) is 0 Å². The fraction of sp³-hybridized carbons (Fsp3) is 0.500. The molecule has 1 fully saturated rings. The normalized spacial score (nSPS) is 17.1. The summed E-state index contributed by atoms with van der Waals surface area (Å²) in [5.41, 5.74) is 1.47. The molecule has 1 saturated carbocycles. The van der Waals surface area contributed by atoms with Crippen LogP contribution in [-0.2, 0) is 19.9 Å². The minimum absolute atomic E-state index is 0.611. The SMILES string of the molecule is Cc1nc(Sc2nnc(C3CC3)n2C)c2c3c(sc2n1)CCC3. The Kier molecular flexibility index (Phi) is 3.03. The number of rotatable bonds is 3. The van der Waals surface area contributed by atoms with Crippen molar-refractivity contribution in [1.82, 2.24) is 24.7 Å². The van der Waals surface area contributed by atoms with E-state index >= 15 is 0 Å². The van der Waals surface area contributed by atoms with E-state index in [1.165, 1.54) is 41.5 Å². The average Bonchev–Trinajstić information content (AvgIpc) is 2.99. The monoisotopic (exact) mass is 343 g/mol.